The van der Waals surface area contributed by atoms with Crippen LogP contribution in [0.15, 0.2) is 47.6 Å². The molecule has 32 heavy (non-hydrogen) atoms. The van der Waals surface area contributed by atoms with Gasteiger partial charge in [-0.25, -0.2) is 14.4 Å². The van der Waals surface area contributed by atoms with Gasteiger partial charge in [-0.1, -0.05) is 0 Å². The molecule has 8 heteroatoms. The summed E-state index contributed by atoms with van der Waals surface area (Å²) in [5.74, 6) is 1.80. The normalized spacial score (nSPS) is 18.2. The number of nitrogens with one attached hydrogen (secondary N) is 1. The van der Waals surface area contributed by atoms with E-state index in [0.29, 0.717) is 6.54 Å². The Morgan fingerprint density at radius 2 is 1.66 bits per heavy atom. The number of halogens is 1. The zero-order chi connectivity index (χ0) is 22.3. The summed E-state index contributed by atoms with van der Waals surface area (Å²) >= 11 is 0. The van der Waals surface area contributed by atoms with Crippen LogP contribution < -0.4 is 15.1 Å². The third-order valence-corrected chi connectivity index (χ3v) is 6.15. The highest BCUT2D eigenvalue weighted by Crippen LogP contribution is 2.18. The molecule has 2 aliphatic rings. The molecule has 0 radical (unpaired) electrons. The Bertz CT molecular complexity index is 885. The zero-order valence-electron chi connectivity index (χ0n) is 19.2. The van der Waals surface area contributed by atoms with E-state index in [0.717, 1.165) is 76.4 Å². The lowest BCUT2D eigenvalue weighted by Crippen LogP contribution is -2.52. The third kappa shape index (κ3) is 5.68. The molecule has 172 valence electrons. The molecule has 7 nitrogen and oxygen atoms in total. The maximum Gasteiger partial charge on any atom is 0.194 e. The van der Waals surface area contributed by atoms with Crippen LogP contribution in [0.1, 0.15) is 12.5 Å². The fraction of sp³-hybridized carbons (Fsp3) is 0.500. The molecule has 0 unspecified atom stereocenters. The number of anilines is 2. The van der Waals surface area contributed by atoms with Crippen molar-refractivity contribution in [1.29, 1.82) is 0 Å². The lowest BCUT2D eigenvalue weighted by atomic mass is 10.2. The van der Waals surface area contributed by atoms with Crippen molar-refractivity contribution in [3.05, 3.63) is 54.0 Å². The third-order valence-electron chi connectivity index (χ3n) is 6.15. The van der Waals surface area contributed by atoms with Gasteiger partial charge in [0.1, 0.15) is 11.6 Å². The van der Waals surface area contributed by atoms with Crippen LogP contribution in [-0.4, -0.2) is 86.7 Å². The molecule has 0 aliphatic carbocycles. The van der Waals surface area contributed by atoms with Gasteiger partial charge in [0.15, 0.2) is 5.96 Å². The zero-order valence-corrected chi connectivity index (χ0v) is 19.2. The van der Waals surface area contributed by atoms with Crippen LogP contribution in [0.3, 0.4) is 0 Å². The fourth-order valence-electron chi connectivity index (χ4n) is 4.19. The van der Waals surface area contributed by atoms with Crippen LogP contribution in [0.25, 0.3) is 0 Å². The quantitative estimate of drug-likeness (QED) is 0.570. The number of hydrogen-bond acceptors (Lipinski definition) is 5. The molecule has 0 amide bonds. The Kier molecular flexibility index (Phi) is 7.42. The number of guanidine groups is 1. The monoisotopic (exact) mass is 439 g/mol. The first-order chi connectivity index (χ1) is 15.6. The number of rotatable bonds is 5. The standard InChI is InChI=1S/C24H34FN7/c1-3-26-24(32-16-14-30(15-17-32)22-6-4-21(25)5-7-22)28-19-20-8-9-27-23(18-20)31-12-10-29(2)11-13-31/h4-9,18H,3,10-17,19H2,1-2H3,(H,26,28). The second kappa shape index (κ2) is 10.6. The van der Waals surface area contributed by atoms with E-state index in [4.69, 9.17) is 4.99 Å². The first-order valence-electron chi connectivity index (χ1n) is 11.5. The minimum absolute atomic E-state index is 0.194. The van der Waals surface area contributed by atoms with Crippen molar-refractivity contribution >= 4 is 17.5 Å². The predicted molar refractivity (Wildman–Crippen MR) is 129 cm³/mol. The maximum absolute atomic E-state index is 13.2. The average Bonchev–Trinajstić information content (AvgIpc) is 2.83. The van der Waals surface area contributed by atoms with E-state index in [-0.39, 0.29) is 5.82 Å². The Labute approximate surface area is 190 Å². The van der Waals surface area contributed by atoms with E-state index in [9.17, 15) is 4.39 Å². The molecule has 2 saturated heterocycles. The number of aromatic nitrogens is 1. The van der Waals surface area contributed by atoms with Crippen LogP contribution in [0.4, 0.5) is 15.9 Å². The maximum atomic E-state index is 13.2. The van der Waals surface area contributed by atoms with Crippen LogP contribution >= 0.6 is 0 Å². The van der Waals surface area contributed by atoms with Crippen LogP contribution in [-0.2, 0) is 6.54 Å². The number of aliphatic imine (C=N–C) groups is 1. The number of pyridine rings is 1. The van der Waals surface area contributed by atoms with E-state index in [1.807, 2.05) is 18.3 Å². The minimum atomic E-state index is -0.194. The molecule has 1 aromatic heterocycles. The Hall–Kier alpha value is -2.87. The van der Waals surface area contributed by atoms with Crippen molar-refractivity contribution in [3.8, 4) is 0 Å². The van der Waals surface area contributed by atoms with E-state index < -0.39 is 0 Å². The molecule has 2 aromatic rings. The molecular formula is C24H34FN7. The highest BCUT2D eigenvalue weighted by molar-refractivity contribution is 5.80. The van der Waals surface area contributed by atoms with Crippen molar-refractivity contribution in [1.82, 2.24) is 20.1 Å². The van der Waals surface area contributed by atoms with E-state index in [1.165, 1.54) is 17.7 Å². The van der Waals surface area contributed by atoms with Gasteiger partial charge < -0.3 is 24.9 Å². The number of nitrogens with zero attached hydrogens (tertiary/aromatic N) is 6. The molecule has 0 bridgehead atoms. The van der Waals surface area contributed by atoms with Gasteiger partial charge in [0.2, 0.25) is 0 Å². The molecule has 2 fully saturated rings. The summed E-state index contributed by atoms with van der Waals surface area (Å²) in [6.45, 7) is 11.3. The SMILES string of the molecule is CCNC(=NCc1ccnc(N2CCN(C)CC2)c1)N1CCN(c2ccc(F)cc2)CC1. The highest BCUT2D eigenvalue weighted by Gasteiger charge is 2.20. The second-order valence-corrected chi connectivity index (χ2v) is 8.43. The smallest absolute Gasteiger partial charge is 0.194 e. The predicted octanol–water partition coefficient (Wildman–Crippen LogP) is 2.26. The summed E-state index contributed by atoms with van der Waals surface area (Å²) in [7, 11) is 2.16. The van der Waals surface area contributed by atoms with Crippen LogP contribution in [0.5, 0.6) is 0 Å². The molecule has 2 aliphatic heterocycles. The highest BCUT2D eigenvalue weighted by atomic mass is 19.1. The van der Waals surface area contributed by atoms with Crippen LogP contribution in [0, 0.1) is 5.82 Å². The lowest BCUT2D eigenvalue weighted by molar-refractivity contribution is 0.312. The van der Waals surface area contributed by atoms with E-state index in [2.05, 4.69) is 56.0 Å². The molecule has 4 rings (SSSR count). The Balaban J connectivity index is 1.37. The second-order valence-electron chi connectivity index (χ2n) is 8.43. The van der Waals surface area contributed by atoms with Gasteiger partial charge >= 0.3 is 0 Å². The van der Waals surface area contributed by atoms with E-state index in [1.54, 1.807) is 0 Å². The summed E-state index contributed by atoms with van der Waals surface area (Å²) < 4.78 is 13.2. The number of likely N-dealkylation sites (N-methyl/N-ethyl adjacent to an activating group) is 1. The summed E-state index contributed by atoms with van der Waals surface area (Å²) in [4.78, 5) is 18.8. The van der Waals surface area contributed by atoms with E-state index >= 15 is 0 Å². The molecular weight excluding hydrogens is 405 g/mol. The number of benzene rings is 1. The summed E-state index contributed by atoms with van der Waals surface area (Å²) in [5.41, 5.74) is 2.25. The average molecular weight is 440 g/mol. The molecule has 0 spiro atoms. The first-order valence-corrected chi connectivity index (χ1v) is 11.5. The Morgan fingerprint density at radius 1 is 0.969 bits per heavy atom. The summed E-state index contributed by atoms with van der Waals surface area (Å²) in [5, 5.41) is 3.44. The molecule has 0 saturated carbocycles. The van der Waals surface area contributed by atoms with Crippen molar-refractivity contribution < 1.29 is 4.39 Å². The van der Waals surface area contributed by atoms with Gasteiger partial charge in [-0.05, 0) is 55.9 Å². The van der Waals surface area contributed by atoms with Crippen molar-refractivity contribution in [2.45, 2.75) is 13.5 Å². The van der Waals surface area contributed by atoms with Gasteiger partial charge in [0, 0.05) is 70.8 Å². The van der Waals surface area contributed by atoms with Crippen molar-refractivity contribution in [2.24, 2.45) is 4.99 Å². The van der Waals surface area contributed by atoms with Gasteiger partial charge in [-0.3, -0.25) is 0 Å². The summed E-state index contributed by atoms with van der Waals surface area (Å²) in [6.07, 6.45) is 1.90. The minimum Gasteiger partial charge on any atom is -0.368 e. The van der Waals surface area contributed by atoms with Crippen molar-refractivity contribution in [3.63, 3.8) is 0 Å². The van der Waals surface area contributed by atoms with Crippen LogP contribution in [0.2, 0.25) is 0 Å². The molecule has 1 N–H and O–H groups in total. The molecule has 1 aromatic carbocycles. The number of hydrogen-bond donors (Lipinski definition) is 1. The van der Waals surface area contributed by atoms with Gasteiger partial charge in [0.05, 0.1) is 6.54 Å². The Morgan fingerprint density at radius 3 is 2.34 bits per heavy atom. The number of piperazine rings is 2. The van der Waals surface area contributed by atoms with Gasteiger partial charge in [-0.15, -0.1) is 0 Å². The fourth-order valence-corrected chi connectivity index (χ4v) is 4.19. The lowest BCUT2D eigenvalue weighted by Gasteiger charge is -2.37. The first kappa shape index (κ1) is 22.3. The largest absolute Gasteiger partial charge is 0.368 e. The topological polar surface area (TPSA) is 50.2 Å². The van der Waals surface area contributed by atoms with Gasteiger partial charge in [-0.2, -0.15) is 0 Å². The molecule has 3 heterocycles. The molecule has 0 atom stereocenters. The van der Waals surface area contributed by atoms with Crippen molar-refractivity contribution in [2.75, 3.05) is 75.8 Å². The summed E-state index contributed by atoms with van der Waals surface area (Å²) in [6, 6.07) is 11.0. The van der Waals surface area contributed by atoms with Gasteiger partial charge in [0.25, 0.3) is 0 Å².